The summed E-state index contributed by atoms with van der Waals surface area (Å²) in [7, 11) is 0. The van der Waals surface area contributed by atoms with E-state index in [0.29, 0.717) is 12.1 Å². The van der Waals surface area contributed by atoms with Crippen molar-refractivity contribution >= 4 is 0 Å². The van der Waals surface area contributed by atoms with Gasteiger partial charge in [-0.3, -0.25) is 9.88 Å². The maximum absolute atomic E-state index is 4.22. The fourth-order valence-corrected chi connectivity index (χ4v) is 2.47. The zero-order valence-electron chi connectivity index (χ0n) is 12.5. The van der Waals surface area contributed by atoms with Crippen molar-refractivity contribution in [2.75, 3.05) is 6.54 Å². The van der Waals surface area contributed by atoms with E-state index in [0.717, 1.165) is 19.4 Å². The molecule has 101 valence electrons. The van der Waals surface area contributed by atoms with Gasteiger partial charge < -0.3 is 0 Å². The Bertz CT molecular complexity index is 311. The Hall–Kier alpha value is -0.890. The van der Waals surface area contributed by atoms with Crippen molar-refractivity contribution in [2.45, 2.75) is 59.5 Å². The summed E-state index contributed by atoms with van der Waals surface area (Å²) < 4.78 is 0. The zero-order valence-corrected chi connectivity index (χ0v) is 12.5. The van der Waals surface area contributed by atoms with Gasteiger partial charge in [-0.15, -0.1) is 0 Å². The number of hydrogen-bond acceptors (Lipinski definition) is 2. The number of rotatable bonds is 7. The van der Waals surface area contributed by atoms with Gasteiger partial charge in [-0.2, -0.15) is 0 Å². The standard InChI is InChI=1S/C16H27N2/c1-6-15(16-8-7-10-17-12-16)9-11-18(13(2)3)14(4)5/h7-8,10,12-14H,6,9,11H2,1-5H3. The van der Waals surface area contributed by atoms with Gasteiger partial charge >= 0.3 is 0 Å². The SMILES string of the molecule is CC[C](CCN(C(C)C)C(C)C)c1cccnc1. The Morgan fingerprint density at radius 3 is 2.33 bits per heavy atom. The van der Waals surface area contributed by atoms with Gasteiger partial charge in [-0.25, -0.2) is 0 Å². The second-order valence-corrected chi connectivity index (χ2v) is 5.37. The van der Waals surface area contributed by atoms with Gasteiger partial charge in [0, 0.05) is 30.4 Å². The Labute approximate surface area is 112 Å². The third-order valence-electron chi connectivity index (χ3n) is 3.49. The topological polar surface area (TPSA) is 16.1 Å². The number of pyridine rings is 1. The van der Waals surface area contributed by atoms with Gasteiger partial charge in [0.05, 0.1) is 0 Å². The molecule has 0 aliphatic carbocycles. The van der Waals surface area contributed by atoms with Crippen LogP contribution in [0, 0.1) is 5.92 Å². The first kappa shape index (κ1) is 15.2. The highest BCUT2D eigenvalue weighted by atomic mass is 15.2. The molecule has 0 bridgehead atoms. The van der Waals surface area contributed by atoms with Gasteiger partial charge in [0.25, 0.3) is 0 Å². The largest absolute Gasteiger partial charge is 0.299 e. The lowest BCUT2D eigenvalue weighted by Crippen LogP contribution is -2.38. The average molecular weight is 247 g/mol. The van der Waals surface area contributed by atoms with Crippen molar-refractivity contribution < 1.29 is 0 Å². The molecule has 0 unspecified atom stereocenters. The molecule has 0 amide bonds. The molecule has 0 atom stereocenters. The third-order valence-corrected chi connectivity index (χ3v) is 3.49. The van der Waals surface area contributed by atoms with Crippen molar-refractivity contribution in [1.82, 2.24) is 9.88 Å². The summed E-state index contributed by atoms with van der Waals surface area (Å²) in [6.45, 7) is 12.5. The van der Waals surface area contributed by atoms with E-state index in [1.807, 2.05) is 18.5 Å². The van der Waals surface area contributed by atoms with Gasteiger partial charge in [0.15, 0.2) is 0 Å². The van der Waals surface area contributed by atoms with Gasteiger partial charge in [0.2, 0.25) is 0 Å². The first-order valence-electron chi connectivity index (χ1n) is 7.07. The van der Waals surface area contributed by atoms with Crippen molar-refractivity contribution in [2.24, 2.45) is 0 Å². The number of aromatic nitrogens is 1. The van der Waals surface area contributed by atoms with Crippen molar-refractivity contribution in [3.63, 3.8) is 0 Å². The second-order valence-electron chi connectivity index (χ2n) is 5.37. The lowest BCUT2D eigenvalue weighted by molar-refractivity contribution is 0.175. The van der Waals surface area contributed by atoms with Crippen LogP contribution >= 0.6 is 0 Å². The first-order chi connectivity index (χ1) is 8.56. The van der Waals surface area contributed by atoms with Gasteiger partial charge in [-0.05, 0) is 58.7 Å². The molecule has 1 rings (SSSR count). The van der Waals surface area contributed by atoms with E-state index in [-0.39, 0.29) is 0 Å². The molecule has 1 radical (unpaired) electrons. The molecule has 1 aromatic rings. The summed E-state index contributed by atoms with van der Waals surface area (Å²) in [4.78, 5) is 6.76. The zero-order chi connectivity index (χ0) is 13.5. The molecule has 2 nitrogen and oxygen atoms in total. The van der Waals surface area contributed by atoms with E-state index in [1.165, 1.54) is 11.5 Å². The van der Waals surface area contributed by atoms with E-state index >= 15 is 0 Å². The van der Waals surface area contributed by atoms with Gasteiger partial charge in [-0.1, -0.05) is 13.0 Å². The minimum atomic E-state index is 0.608. The molecule has 0 aliphatic heterocycles. The van der Waals surface area contributed by atoms with Crippen LogP contribution in [0.15, 0.2) is 24.5 Å². The monoisotopic (exact) mass is 247 g/mol. The van der Waals surface area contributed by atoms with E-state index in [4.69, 9.17) is 0 Å². The molecule has 1 aromatic heterocycles. The minimum absolute atomic E-state index is 0.608. The second kappa shape index (κ2) is 7.52. The fraction of sp³-hybridized carbons (Fsp3) is 0.625. The molecule has 2 heteroatoms. The van der Waals surface area contributed by atoms with Crippen LogP contribution in [-0.4, -0.2) is 28.5 Å². The van der Waals surface area contributed by atoms with Gasteiger partial charge in [0.1, 0.15) is 0 Å². The van der Waals surface area contributed by atoms with Crippen LogP contribution in [0.25, 0.3) is 0 Å². The van der Waals surface area contributed by atoms with Crippen LogP contribution in [0.4, 0.5) is 0 Å². The third kappa shape index (κ3) is 4.41. The lowest BCUT2D eigenvalue weighted by atomic mass is 9.94. The van der Waals surface area contributed by atoms with Crippen molar-refractivity contribution in [3.05, 3.63) is 36.0 Å². The summed E-state index contributed by atoms with van der Waals surface area (Å²) >= 11 is 0. The van der Waals surface area contributed by atoms with E-state index in [1.54, 1.807) is 0 Å². The van der Waals surface area contributed by atoms with E-state index < -0.39 is 0 Å². The molecule has 0 aromatic carbocycles. The smallest absolute Gasteiger partial charge is 0.0305 e. The average Bonchev–Trinajstić information content (AvgIpc) is 2.34. The molecule has 0 fully saturated rings. The van der Waals surface area contributed by atoms with Crippen LogP contribution < -0.4 is 0 Å². The molecule has 0 saturated heterocycles. The highest BCUT2D eigenvalue weighted by Gasteiger charge is 2.16. The summed E-state index contributed by atoms with van der Waals surface area (Å²) in [6, 6.07) is 5.41. The van der Waals surface area contributed by atoms with Crippen molar-refractivity contribution in [1.29, 1.82) is 0 Å². The Morgan fingerprint density at radius 2 is 1.89 bits per heavy atom. The molecule has 0 spiro atoms. The molecule has 0 saturated carbocycles. The Kier molecular flexibility index (Phi) is 6.34. The molecular formula is C16H27N2. The quantitative estimate of drug-likeness (QED) is 0.726. The maximum atomic E-state index is 4.22. The van der Waals surface area contributed by atoms with Crippen LogP contribution in [0.3, 0.4) is 0 Å². The highest BCUT2D eigenvalue weighted by Crippen LogP contribution is 2.22. The maximum Gasteiger partial charge on any atom is 0.0305 e. The van der Waals surface area contributed by atoms with Crippen LogP contribution in [0.1, 0.15) is 53.0 Å². The summed E-state index contributed by atoms with van der Waals surface area (Å²) in [6.07, 6.45) is 6.06. The first-order valence-corrected chi connectivity index (χ1v) is 7.07. The fourth-order valence-electron chi connectivity index (χ4n) is 2.47. The Morgan fingerprint density at radius 1 is 1.22 bits per heavy atom. The number of hydrogen-bond donors (Lipinski definition) is 0. The van der Waals surface area contributed by atoms with Crippen LogP contribution in [-0.2, 0) is 0 Å². The van der Waals surface area contributed by atoms with Crippen LogP contribution in [0.5, 0.6) is 0 Å². The van der Waals surface area contributed by atoms with E-state index in [2.05, 4.69) is 50.6 Å². The normalized spacial score (nSPS) is 12.1. The van der Waals surface area contributed by atoms with Crippen molar-refractivity contribution in [3.8, 4) is 0 Å². The highest BCUT2D eigenvalue weighted by molar-refractivity contribution is 5.27. The Balaban J connectivity index is 2.59. The summed E-state index contributed by atoms with van der Waals surface area (Å²) in [5.74, 6) is 1.51. The molecule has 1 heterocycles. The molecular weight excluding hydrogens is 220 g/mol. The molecule has 0 aliphatic rings. The predicted molar refractivity (Wildman–Crippen MR) is 78.5 cm³/mol. The summed E-state index contributed by atoms with van der Waals surface area (Å²) in [5, 5.41) is 0. The van der Waals surface area contributed by atoms with Crippen LogP contribution in [0.2, 0.25) is 0 Å². The minimum Gasteiger partial charge on any atom is -0.299 e. The molecule has 0 N–H and O–H groups in total. The summed E-state index contributed by atoms with van der Waals surface area (Å²) in [5.41, 5.74) is 1.30. The number of nitrogens with zero attached hydrogens (tertiary/aromatic N) is 2. The van der Waals surface area contributed by atoms with E-state index in [9.17, 15) is 0 Å². The molecule has 18 heavy (non-hydrogen) atoms. The predicted octanol–water partition coefficient (Wildman–Crippen LogP) is 3.92. The lowest BCUT2D eigenvalue weighted by Gasteiger charge is -2.31.